The molecule has 366 valence electrons. The number of aliphatic hydroxyl groups excluding tert-OH is 5. The number of carbonyl (C=O) groups excluding carboxylic acids is 5. The average Bonchev–Trinajstić information content (AvgIpc) is 3.24. The van der Waals surface area contributed by atoms with Crippen LogP contribution in [0, 0.1) is 23.7 Å². The Labute approximate surface area is 394 Å². The van der Waals surface area contributed by atoms with Crippen molar-refractivity contribution < 1.29 is 64.1 Å². The molecule has 2 rings (SSSR count). The van der Waals surface area contributed by atoms with E-state index in [4.69, 9.17) is 10.5 Å². The number of anilines is 1. The highest BCUT2D eigenvalue weighted by atomic mass is 16.5. The molecule has 0 saturated carbocycles. The van der Waals surface area contributed by atoms with Crippen molar-refractivity contribution in [2.45, 2.75) is 134 Å². The Kier molecular flexibility index (Phi) is 27.6. The molecule has 14 heteroatoms. The molecular weight excluding hydrogens is 859 g/mol. The number of carboxylic acids is 1. The molecule has 0 saturated heterocycles. The summed E-state index contributed by atoms with van der Waals surface area (Å²) in [6, 6.07) is 6.48. The number of aliphatic carboxylic acids is 1. The van der Waals surface area contributed by atoms with Gasteiger partial charge in [0.1, 0.15) is 35.8 Å². The lowest BCUT2D eigenvalue weighted by Crippen LogP contribution is -2.38. The SMILES string of the molecule is CC1C=CC=CC=CC=CC=CC=CC=CC=CC(O)C(C(=O)O)C(O)CC(=O)CC(O)CCCC(O)CC(=O)CCCC(=O)CC(=O)OC1C(C)CC(C)C(O)CC(=O)c1ccc(N)cc1. The maximum absolute atomic E-state index is 13.2. The molecule has 1 aromatic rings. The van der Waals surface area contributed by atoms with Crippen molar-refractivity contribution in [3.63, 3.8) is 0 Å². The van der Waals surface area contributed by atoms with Crippen LogP contribution < -0.4 is 5.73 Å². The molecule has 1 aliphatic rings. The Morgan fingerprint density at radius 1 is 0.687 bits per heavy atom. The maximum Gasteiger partial charge on any atom is 0.313 e. The number of hydrogen-bond donors (Lipinski definition) is 7. The van der Waals surface area contributed by atoms with E-state index < -0.39 is 78.9 Å². The van der Waals surface area contributed by atoms with Gasteiger partial charge >= 0.3 is 11.9 Å². The van der Waals surface area contributed by atoms with E-state index in [1.807, 2.05) is 69.4 Å². The summed E-state index contributed by atoms with van der Waals surface area (Å²) in [5, 5.41) is 62.4. The van der Waals surface area contributed by atoms with E-state index in [1.54, 1.807) is 60.7 Å². The molecule has 10 unspecified atom stereocenters. The normalized spacial score (nSPS) is 26.0. The van der Waals surface area contributed by atoms with E-state index in [1.165, 1.54) is 12.2 Å². The Balaban J connectivity index is 2.19. The minimum absolute atomic E-state index is 0.00819. The Hall–Kier alpha value is -5.64. The number of benzene rings is 1. The zero-order chi connectivity index (χ0) is 49.7. The summed E-state index contributed by atoms with van der Waals surface area (Å²) < 4.78 is 5.94. The van der Waals surface area contributed by atoms with Gasteiger partial charge in [-0.15, -0.1) is 0 Å². The third-order valence-corrected chi connectivity index (χ3v) is 11.3. The maximum atomic E-state index is 13.2. The predicted molar refractivity (Wildman–Crippen MR) is 257 cm³/mol. The monoisotopic (exact) mass is 929 g/mol. The molecular formula is C53H71NO13. The van der Waals surface area contributed by atoms with Gasteiger partial charge in [-0.1, -0.05) is 118 Å². The summed E-state index contributed by atoms with van der Waals surface area (Å²) in [6.07, 6.45) is 19.5. The Morgan fingerprint density at radius 2 is 1.18 bits per heavy atom. The average molecular weight is 930 g/mol. The largest absolute Gasteiger partial charge is 0.481 e. The van der Waals surface area contributed by atoms with Crippen LogP contribution in [0.5, 0.6) is 0 Å². The first kappa shape index (κ1) is 57.5. The van der Waals surface area contributed by atoms with E-state index in [9.17, 15) is 59.4 Å². The van der Waals surface area contributed by atoms with Crippen LogP contribution in [-0.2, 0) is 28.7 Å². The fraction of sp³-hybridized carbons (Fsp3) is 0.472. The Morgan fingerprint density at radius 3 is 1.72 bits per heavy atom. The fourth-order valence-corrected chi connectivity index (χ4v) is 7.54. The minimum Gasteiger partial charge on any atom is -0.481 e. The molecule has 0 amide bonds. The van der Waals surface area contributed by atoms with Crippen LogP contribution >= 0.6 is 0 Å². The van der Waals surface area contributed by atoms with Gasteiger partial charge in [-0.25, -0.2) is 0 Å². The van der Waals surface area contributed by atoms with Gasteiger partial charge in [-0.3, -0.25) is 28.8 Å². The minimum atomic E-state index is -1.72. The van der Waals surface area contributed by atoms with Gasteiger partial charge in [0, 0.05) is 55.7 Å². The molecule has 1 aromatic carbocycles. The van der Waals surface area contributed by atoms with Crippen LogP contribution in [0.4, 0.5) is 5.69 Å². The third kappa shape index (κ3) is 24.6. The summed E-state index contributed by atoms with van der Waals surface area (Å²) in [5.74, 6) is -6.39. The van der Waals surface area contributed by atoms with E-state index in [0.29, 0.717) is 17.7 Å². The molecule has 0 spiro atoms. The molecule has 10 atom stereocenters. The van der Waals surface area contributed by atoms with Crippen LogP contribution in [0.2, 0.25) is 0 Å². The standard InChI is InChI=1S/C53H71NO13/c1-36-20-16-14-12-10-8-6-4-5-7-9-11-13-15-17-25-46(60)51(53(65)66)49(63)33-45(59)32-43(57)23-18-21-41(55)31-42(56)22-19-24-44(58)34-50(64)67-52(36)38(3)30-37(2)47(61)35-48(62)39-26-28-40(54)29-27-39/h4-17,20,25-29,36-38,41,43,46-47,49,51-52,55,57,60-61,63H,18-19,21-24,30-35,54H2,1-3H3,(H,65,66). The summed E-state index contributed by atoms with van der Waals surface area (Å²) in [4.78, 5) is 75.9. The van der Waals surface area contributed by atoms with E-state index in [0.717, 1.165) is 0 Å². The van der Waals surface area contributed by atoms with Gasteiger partial charge in [0.25, 0.3) is 0 Å². The Bertz CT molecular complexity index is 1970. The zero-order valence-corrected chi connectivity index (χ0v) is 38.9. The number of allylic oxidation sites excluding steroid dienone is 14. The van der Waals surface area contributed by atoms with E-state index in [-0.39, 0.29) is 87.1 Å². The number of rotatable bonds is 8. The van der Waals surface area contributed by atoms with Crippen LogP contribution in [0.25, 0.3) is 0 Å². The van der Waals surface area contributed by atoms with Gasteiger partial charge in [-0.2, -0.15) is 0 Å². The molecule has 0 aromatic heterocycles. The molecule has 0 bridgehead atoms. The lowest BCUT2D eigenvalue weighted by Gasteiger charge is -2.31. The van der Waals surface area contributed by atoms with Crippen LogP contribution in [0.3, 0.4) is 0 Å². The van der Waals surface area contributed by atoms with Gasteiger partial charge in [0.05, 0.1) is 30.5 Å². The number of hydrogen-bond acceptors (Lipinski definition) is 13. The molecule has 0 aliphatic carbocycles. The van der Waals surface area contributed by atoms with Crippen LogP contribution in [-0.4, -0.2) is 102 Å². The van der Waals surface area contributed by atoms with Gasteiger partial charge in [0.15, 0.2) is 5.78 Å². The van der Waals surface area contributed by atoms with Crippen molar-refractivity contribution in [2.75, 3.05) is 5.73 Å². The van der Waals surface area contributed by atoms with Crippen molar-refractivity contribution in [3.05, 3.63) is 127 Å². The van der Waals surface area contributed by atoms with E-state index >= 15 is 0 Å². The predicted octanol–water partition coefficient (Wildman–Crippen LogP) is 6.63. The number of nitrogen functional groups attached to an aromatic ring is 1. The number of ketones is 4. The van der Waals surface area contributed by atoms with Crippen molar-refractivity contribution in [3.8, 4) is 0 Å². The summed E-state index contributed by atoms with van der Waals surface area (Å²) in [6.45, 7) is 5.60. The number of carbonyl (C=O) groups is 6. The van der Waals surface area contributed by atoms with Crippen LogP contribution in [0.15, 0.2) is 121 Å². The molecule has 0 fully saturated rings. The highest BCUT2D eigenvalue weighted by Crippen LogP contribution is 2.28. The van der Waals surface area contributed by atoms with Crippen molar-refractivity contribution >= 4 is 40.8 Å². The first-order chi connectivity index (χ1) is 31.9. The number of aliphatic hydroxyl groups is 5. The lowest BCUT2D eigenvalue weighted by atomic mass is 9.83. The second-order valence-corrected chi connectivity index (χ2v) is 17.3. The number of esters is 1. The van der Waals surface area contributed by atoms with Gasteiger partial charge < -0.3 is 41.1 Å². The molecule has 8 N–H and O–H groups in total. The zero-order valence-electron chi connectivity index (χ0n) is 38.9. The first-order valence-electron chi connectivity index (χ1n) is 23.0. The second-order valence-electron chi connectivity index (χ2n) is 17.3. The molecule has 0 radical (unpaired) electrons. The fourth-order valence-electron chi connectivity index (χ4n) is 7.54. The quantitative estimate of drug-likeness (QED) is 0.0625. The van der Waals surface area contributed by atoms with Crippen LogP contribution in [0.1, 0.15) is 108 Å². The number of Topliss-reactive ketones (excluding diaryl/α,β-unsaturated/α-hetero) is 4. The smallest absolute Gasteiger partial charge is 0.313 e. The molecule has 1 aliphatic heterocycles. The molecule has 14 nitrogen and oxygen atoms in total. The topological polar surface area (TPSA) is 259 Å². The summed E-state index contributed by atoms with van der Waals surface area (Å²) >= 11 is 0. The summed E-state index contributed by atoms with van der Waals surface area (Å²) in [7, 11) is 0. The lowest BCUT2D eigenvalue weighted by molar-refractivity contribution is -0.156. The highest BCUT2D eigenvalue weighted by Gasteiger charge is 2.34. The number of carboxylic acid groups (broad SMARTS) is 1. The van der Waals surface area contributed by atoms with Crippen molar-refractivity contribution in [1.29, 1.82) is 0 Å². The van der Waals surface area contributed by atoms with E-state index in [2.05, 4.69) is 0 Å². The third-order valence-electron chi connectivity index (χ3n) is 11.3. The first-order valence-corrected chi connectivity index (χ1v) is 23.0. The van der Waals surface area contributed by atoms with Crippen molar-refractivity contribution in [1.82, 2.24) is 0 Å². The molecule has 1 heterocycles. The highest BCUT2D eigenvalue weighted by molar-refractivity contribution is 5.97. The van der Waals surface area contributed by atoms with Gasteiger partial charge in [-0.05, 0) is 68.2 Å². The molecule has 67 heavy (non-hydrogen) atoms. The number of ether oxygens (including phenoxy) is 1. The summed E-state index contributed by atoms with van der Waals surface area (Å²) in [5.41, 5.74) is 6.71. The van der Waals surface area contributed by atoms with Gasteiger partial charge in [0.2, 0.25) is 0 Å². The number of cyclic esters (lactones) is 1. The second kappa shape index (κ2) is 32.1. The van der Waals surface area contributed by atoms with Crippen molar-refractivity contribution in [2.24, 2.45) is 23.7 Å². The number of nitrogens with two attached hydrogens (primary N) is 1.